The number of rotatable bonds is 7. The average molecular weight is 307 g/mol. The Balaban J connectivity index is 1.61. The minimum Gasteiger partial charge on any atom is -0.370 e. The van der Waals surface area contributed by atoms with Crippen molar-refractivity contribution in [1.82, 2.24) is 0 Å². The van der Waals surface area contributed by atoms with E-state index in [4.69, 9.17) is 4.74 Å². The molecule has 1 fully saturated rings. The average Bonchev–Trinajstić information content (AvgIpc) is 2.52. The molecule has 1 heterocycles. The summed E-state index contributed by atoms with van der Waals surface area (Å²) in [5.74, 6) is 0.0797. The number of benzene rings is 1. The molecule has 0 aliphatic carbocycles. The number of anilines is 1. The van der Waals surface area contributed by atoms with Gasteiger partial charge >= 0.3 is 0 Å². The summed E-state index contributed by atoms with van der Waals surface area (Å²) in [7, 11) is 0. The van der Waals surface area contributed by atoms with Gasteiger partial charge in [-0.25, -0.2) is 0 Å². The number of ether oxygens (including phenoxy) is 1. The van der Waals surface area contributed by atoms with Crippen LogP contribution in [0, 0.1) is 13.8 Å². The highest BCUT2D eigenvalue weighted by Crippen LogP contribution is 2.18. The Kier molecular flexibility index (Phi) is 6.83. The van der Waals surface area contributed by atoms with Crippen LogP contribution in [0.5, 0.6) is 0 Å². The molecule has 0 spiro atoms. The van der Waals surface area contributed by atoms with Crippen molar-refractivity contribution < 1.29 is 19.7 Å². The van der Waals surface area contributed by atoms with Crippen molar-refractivity contribution in [3.05, 3.63) is 29.3 Å². The van der Waals surface area contributed by atoms with Crippen LogP contribution in [0.2, 0.25) is 0 Å². The number of hydrogen-bond acceptors (Lipinski definition) is 2. The van der Waals surface area contributed by atoms with Gasteiger partial charge in [0.2, 0.25) is 0 Å². The highest BCUT2D eigenvalue weighted by molar-refractivity contribution is 5.92. The molecule has 0 radical (unpaired) electrons. The number of para-hydroxylation sites is 1. The predicted octanol–water partition coefficient (Wildman–Crippen LogP) is -0.889. The fraction of sp³-hybridized carbons (Fsp3) is 0.588. The Morgan fingerprint density at radius 3 is 2.64 bits per heavy atom. The third-order valence-electron chi connectivity index (χ3n) is 4.21. The first-order valence-electron chi connectivity index (χ1n) is 8.26. The Labute approximate surface area is 133 Å². The third-order valence-corrected chi connectivity index (χ3v) is 4.21. The maximum absolute atomic E-state index is 12.0. The molecule has 5 nitrogen and oxygen atoms in total. The Morgan fingerprint density at radius 2 is 1.95 bits per heavy atom. The number of nitrogens with one attached hydrogen (secondary N) is 2. The highest BCUT2D eigenvalue weighted by Gasteiger charge is 2.13. The summed E-state index contributed by atoms with van der Waals surface area (Å²) < 4.78 is 5.35. The van der Waals surface area contributed by atoms with Gasteiger partial charge in [0.25, 0.3) is 5.91 Å². The van der Waals surface area contributed by atoms with Crippen molar-refractivity contribution >= 4 is 11.6 Å². The smallest absolute Gasteiger partial charge is 0.279 e. The van der Waals surface area contributed by atoms with Crippen LogP contribution in [0.15, 0.2) is 18.2 Å². The summed E-state index contributed by atoms with van der Waals surface area (Å²) in [6.07, 6.45) is 1.14. The lowest BCUT2D eigenvalue weighted by Crippen LogP contribution is -3.14. The summed E-state index contributed by atoms with van der Waals surface area (Å²) in [5, 5.41) is 5.13. The monoisotopic (exact) mass is 307 g/mol. The van der Waals surface area contributed by atoms with Crippen molar-refractivity contribution in [3.63, 3.8) is 0 Å². The topological polar surface area (TPSA) is 59.4 Å². The largest absolute Gasteiger partial charge is 0.370 e. The normalized spacial score (nSPS) is 15.7. The molecule has 4 N–H and O–H groups in total. The minimum absolute atomic E-state index is 0.0797. The second kappa shape index (κ2) is 8.88. The van der Waals surface area contributed by atoms with E-state index in [1.165, 1.54) is 6.54 Å². The van der Waals surface area contributed by atoms with Crippen molar-refractivity contribution in [2.24, 2.45) is 0 Å². The van der Waals surface area contributed by atoms with Crippen molar-refractivity contribution in [2.45, 2.75) is 20.3 Å². The number of carbonyl (C=O) groups excluding carboxylic acids is 1. The van der Waals surface area contributed by atoms with Crippen molar-refractivity contribution in [1.29, 1.82) is 0 Å². The number of aryl methyl sites for hydroxylation is 2. The van der Waals surface area contributed by atoms with E-state index in [9.17, 15) is 4.79 Å². The van der Waals surface area contributed by atoms with Crippen molar-refractivity contribution in [3.8, 4) is 0 Å². The van der Waals surface area contributed by atoms with Gasteiger partial charge in [-0.05, 0) is 25.0 Å². The summed E-state index contributed by atoms with van der Waals surface area (Å²) in [6, 6.07) is 6.06. The second-order valence-electron chi connectivity index (χ2n) is 6.06. The zero-order valence-corrected chi connectivity index (χ0v) is 13.8. The molecule has 1 amide bonds. The number of amides is 1. The van der Waals surface area contributed by atoms with Gasteiger partial charge in [0.1, 0.15) is 13.1 Å². The molecule has 0 bridgehead atoms. The van der Waals surface area contributed by atoms with Gasteiger partial charge in [-0.1, -0.05) is 18.2 Å². The van der Waals surface area contributed by atoms with Crippen LogP contribution in [0.4, 0.5) is 5.69 Å². The summed E-state index contributed by atoms with van der Waals surface area (Å²) in [6.45, 7) is 10.7. The first kappa shape index (κ1) is 16.9. The number of morpholine rings is 1. The predicted molar refractivity (Wildman–Crippen MR) is 87.2 cm³/mol. The fourth-order valence-electron chi connectivity index (χ4n) is 2.84. The lowest BCUT2D eigenvalue weighted by atomic mass is 10.1. The van der Waals surface area contributed by atoms with Crippen LogP contribution in [-0.4, -0.2) is 51.8 Å². The molecular weight excluding hydrogens is 278 g/mol. The first-order chi connectivity index (χ1) is 10.7. The van der Waals surface area contributed by atoms with Gasteiger partial charge < -0.3 is 20.3 Å². The van der Waals surface area contributed by atoms with Crippen LogP contribution < -0.4 is 15.5 Å². The zero-order valence-electron chi connectivity index (χ0n) is 13.8. The van der Waals surface area contributed by atoms with Crippen LogP contribution in [0.3, 0.4) is 0 Å². The summed E-state index contributed by atoms with van der Waals surface area (Å²) in [5.41, 5.74) is 3.19. The van der Waals surface area contributed by atoms with Gasteiger partial charge in [0, 0.05) is 12.1 Å². The zero-order chi connectivity index (χ0) is 15.8. The molecule has 0 atom stereocenters. The molecule has 1 aromatic carbocycles. The molecular formula is C17H29N3O2+2. The summed E-state index contributed by atoms with van der Waals surface area (Å²) >= 11 is 0. The number of nitrogens with two attached hydrogens (primary N) is 1. The van der Waals surface area contributed by atoms with Crippen LogP contribution in [-0.2, 0) is 9.53 Å². The molecule has 1 aliphatic rings. The second-order valence-corrected chi connectivity index (χ2v) is 6.06. The molecule has 122 valence electrons. The maximum atomic E-state index is 12.0. The number of hydrogen-bond donors (Lipinski definition) is 3. The Hall–Kier alpha value is -1.43. The molecule has 5 heteroatoms. The molecule has 2 rings (SSSR count). The van der Waals surface area contributed by atoms with E-state index in [0.29, 0.717) is 6.54 Å². The van der Waals surface area contributed by atoms with Crippen molar-refractivity contribution in [2.75, 3.05) is 51.3 Å². The molecule has 0 saturated carbocycles. The van der Waals surface area contributed by atoms with Gasteiger partial charge in [0.15, 0.2) is 6.54 Å². The van der Waals surface area contributed by atoms with E-state index < -0.39 is 0 Å². The van der Waals surface area contributed by atoms with Gasteiger partial charge in [-0.15, -0.1) is 0 Å². The van der Waals surface area contributed by atoms with Crippen LogP contribution in [0.25, 0.3) is 0 Å². The molecule has 0 aromatic heterocycles. The van der Waals surface area contributed by atoms with E-state index >= 15 is 0 Å². The molecule has 1 aromatic rings. The SMILES string of the molecule is Cc1cccc(C)c1NC(=O)C[NH2+]CCC[NH+]1CCOCC1. The molecule has 1 aliphatic heterocycles. The lowest BCUT2D eigenvalue weighted by Gasteiger charge is -2.23. The van der Waals surface area contributed by atoms with Crippen LogP contribution >= 0.6 is 0 Å². The first-order valence-corrected chi connectivity index (χ1v) is 8.26. The molecule has 1 saturated heterocycles. The molecule has 0 unspecified atom stereocenters. The van der Waals surface area contributed by atoms with E-state index in [1.807, 2.05) is 32.0 Å². The minimum atomic E-state index is 0.0797. The van der Waals surface area contributed by atoms with E-state index in [2.05, 4.69) is 10.6 Å². The standard InChI is InChI=1S/C17H27N3O2/c1-14-5-3-6-15(2)17(14)19-16(21)13-18-7-4-8-20-9-11-22-12-10-20/h3,5-6,18H,4,7-13H2,1-2H3,(H,19,21)/p+2. The Morgan fingerprint density at radius 1 is 1.27 bits per heavy atom. The highest BCUT2D eigenvalue weighted by atomic mass is 16.5. The van der Waals surface area contributed by atoms with E-state index in [-0.39, 0.29) is 5.91 Å². The number of carbonyl (C=O) groups is 1. The van der Waals surface area contributed by atoms with Gasteiger partial charge in [0.05, 0.1) is 26.3 Å². The van der Waals surface area contributed by atoms with E-state index in [0.717, 1.165) is 56.1 Å². The lowest BCUT2D eigenvalue weighted by molar-refractivity contribution is -0.909. The van der Waals surface area contributed by atoms with E-state index in [1.54, 1.807) is 4.90 Å². The van der Waals surface area contributed by atoms with Gasteiger partial charge in [-0.3, -0.25) is 4.79 Å². The fourth-order valence-corrected chi connectivity index (χ4v) is 2.84. The molecule has 22 heavy (non-hydrogen) atoms. The third kappa shape index (κ3) is 5.40. The maximum Gasteiger partial charge on any atom is 0.279 e. The van der Waals surface area contributed by atoms with Crippen LogP contribution in [0.1, 0.15) is 17.5 Å². The number of quaternary nitrogens is 2. The Bertz CT molecular complexity index is 465. The summed E-state index contributed by atoms with van der Waals surface area (Å²) in [4.78, 5) is 13.6. The van der Waals surface area contributed by atoms with Gasteiger partial charge in [-0.2, -0.15) is 0 Å². The quantitative estimate of drug-likeness (QED) is 0.573.